The van der Waals surface area contributed by atoms with Crippen LogP contribution in [0.15, 0.2) is 54.6 Å². The van der Waals surface area contributed by atoms with Gasteiger partial charge in [-0.05, 0) is 37.1 Å². The molecule has 0 bridgehead atoms. The third kappa shape index (κ3) is 3.42. The second-order valence-electron chi connectivity index (χ2n) is 4.54. The Morgan fingerprint density at radius 3 is 2.32 bits per heavy atom. The first kappa shape index (κ1) is 13.3. The second-order valence-corrected chi connectivity index (χ2v) is 4.54. The largest absolute Gasteiger partial charge is 0.287 e. The monoisotopic (exact) mass is 254 g/mol. The summed E-state index contributed by atoms with van der Waals surface area (Å²) in [6, 6.07) is 17.3. The van der Waals surface area contributed by atoms with Crippen molar-refractivity contribution in [1.29, 1.82) is 0 Å². The molecule has 19 heavy (non-hydrogen) atoms. The van der Waals surface area contributed by atoms with E-state index in [1.165, 1.54) is 11.1 Å². The Balaban J connectivity index is 1.96. The minimum Gasteiger partial charge on any atom is -0.287 e. The molecule has 2 aromatic carbocycles. The lowest BCUT2D eigenvalue weighted by atomic mass is 10.0. The first-order valence-corrected chi connectivity index (χ1v) is 6.35. The number of hydrogen-bond donors (Lipinski definition) is 2. The van der Waals surface area contributed by atoms with Gasteiger partial charge in [-0.1, -0.05) is 42.5 Å². The van der Waals surface area contributed by atoms with Crippen molar-refractivity contribution in [3.05, 3.63) is 71.3 Å². The first-order valence-electron chi connectivity index (χ1n) is 6.35. The summed E-state index contributed by atoms with van der Waals surface area (Å²) in [5.74, 6) is -0.124. The van der Waals surface area contributed by atoms with E-state index < -0.39 is 0 Å². The lowest BCUT2D eigenvalue weighted by Crippen LogP contribution is -2.39. The summed E-state index contributed by atoms with van der Waals surface area (Å²) in [7, 11) is 0. The number of carbonyl (C=O) groups is 1. The molecule has 0 aliphatic heterocycles. The highest BCUT2D eigenvalue weighted by molar-refractivity contribution is 5.93. The Morgan fingerprint density at radius 1 is 1.00 bits per heavy atom. The van der Waals surface area contributed by atoms with Crippen molar-refractivity contribution in [2.45, 2.75) is 19.9 Å². The molecular formula is C16H18N2O. The van der Waals surface area contributed by atoms with Gasteiger partial charge in [0.05, 0.1) is 0 Å². The summed E-state index contributed by atoms with van der Waals surface area (Å²) < 4.78 is 0. The van der Waals surface area contributed by atoms with Gasteiger partial charge in [0.2, 0.25) is 0 Å². The standard InChI is InChI=1S/C16H18N2O/c1-12-8-6-7-11-15(12)13(2)17-18-16(19)14-9-4-3-5-10-14/h3-11,13,17H,1-2H3,(H,18,19). The molecule has 1 unspecified atom stereocenters. The van der Waals surface area contributed by atoms with E-state index in [1.807, 2.05) is 37.3 Å². The summed E-state index contributed by atoms with van der Waals surface area (Å²) in [6.45, 7) is 4.08. The summed E-state index contributed by atoms with van der Waals surface area (Å²) in [5, 5.41) is 0. The molecule has 1 amide bonds. The fourth-order valence-corrected chi connectivity index (χ4v) is 1.99. The van der Waals surface area contributed by atoms with Crippen LogP contribution in [0, 0.1) is 6.92 Å². The summed E-state index contributed by atoms with van der Waals surface area (Å²) in [5.41, 5.74) is 8.80. The molecule has 2 N–H and O–H groups in total. The Morgan fingerprint density at radius 2 is 1.63 bits per heavy atom. The predicted octanol–water partition coefficient (Wildman–Crippen LogP) is 2.99. The van der Waals surface area contributed by atoms with Crippen LogP contribution in [0.25, 0.3) is 0 Å². The number of rotatable bonds is 4. The maximum absolute atomic E-state index is 11.9. The fourth-order valence-electron chi connectivity index (χ4n) is 1.99. The SMILES string of the molecule is Cc1ccccc1C(C)NNC(=O)c1ccccc1. The first-order chi connectivity index (χ1) is 9.18. The molecule has 0 aromatic heterocycles. The van der Waals surface area contributed by atoms with Crippen LogP contribution >= 0.6 is 0 Å². The van der Waals surface area contributed by atoms with E-state index in [0.29, 0.717) is 5.56 Å². The van der Waals surface area contributed by atoms with E-state index in [0.717, 1.165) is 0 Å². The van der Waals surface area contributed by atoms with Crippen molar-refractivity contribution in [2.75, 3.05) is 0 Å². The number of benzene rings is 2. The maximum atomic E-state index is 11.9. The number of amides is 1. The quantitative estimate of drug-likeness (QED) is 0.823. The van der Waals surface area contributed by atoms with Gasteiger partial charge in [0.15, 0.2) is 0 Å². The van der Waals surface area contributed by atoms with Crippen LogP contribution < -0.4 is 10.9 Å². The average Bonchev–Trinajstić information content (AvgIpc) is 2.46. The summed E-state index contributed by atoms with van der Waals surface area (Å²) in [4.78, 5) is 11.9. The van der Waals surface area contributed by atoms with E-state index in [9.17, 15) is 4.79 Å². The van der Waals surface area contributed by atoms with Crippen molar-refractivity contribution >= 4 is 5.91 Å². The van der Waals surface area contributed by atoms with Crippen LogP contribution in [0.1, 0.15) is 34.5 Å². The van der Waals surface area contributed by atoms with Gasteiger partial charge in [0, 0.05) is 11.6 Å². The van der Waals surface area contributed by atoms with Crippen molar-refractivity contribution in [3.63, 3.8) is 0 Å². The topological polar surface area (TPSA) is 41.1 Å². The fraction of sp³-hybridized carbons (Fsp3) is 0.188. The van der Waals surface area contributed by atoms with Gasteiger partial charge < -0.3 is 0 Å². The number of hydrogen-bond acceptors (Lipinski definition) is 2. The highest BCUT2D eigenvalue weighted by atomic mass is 16.2. The van der Waals surface area contributed by atoms with E-state index in [-0.39, 0.29) is 11.9 Å². The Kier molecular flexibility index (Phi) is 4.31. The van der Waals surface area contributed by atoms with Crippen LogP contribution in [0.2, 0.25) is 0 Å². The molecule has 0 aliphatic carbocycles. The van der Waals surface area contributed by atoms with Gasteiger partial charge in [-0.2, -0.15) is 0 Å². The average molecular weight is 254 g/mol. The number of carbonyl (C=O) groups excluding carboxylic acids is 1. The Labute approximate surface area is 113 Å². The zero-order valence-electron chi connectivity index (χ0n) is 11.2. The van der Waals surface area contributed by atoms with Crippen molar-refractivity contribution < 1.29 is 4.79 Å². The van der Waals surface area contributed by atoms with Crippen LogP contribution in [0.5, 0.6) is 0 Å². The minimum atomic E-state index is -0.124. The molecule has 0 saturated carbocycles. The van der Waals surface area contributed by atoms with Gasteiger partial charge in [-0.25, -0.2) is 5.43 Å². The van der Waals surface area contributed by atoms with Gasteiger partial charge in [0.25, 0.3) is 5.91 Å². The third-order valence-electron chi connectivity index (χ3n) is 3.09. The molecule has 3 nitrogen and oxygen atoms in total. The molecular weight excluding hydrogens is 236 g/mol. The van der Waals surface area contributed by atoms with Crippen molar-refractivity contribution in [3.8, 4) is 0 Å². The molecule has 0 saturated heterocycles. The lowest BCUT2D eigenvalue weighted by molar-refractivity contribution is 0.0926. The molecule has 3 heteroatoms. The van der Waals surface area contributed by atoms with Crippen LogP contribution in [0.4, 0.5) is 0 Å². The van der Waals surface area contributed by atoms with Crippen LogP contribution in [0.3, 0.4) is 0 Å². The molecule has 0 fully saturated rings. The van der Waals surface area contributed by atoms with E-state index in [4.69, 9.17) is 0 Å². The third-order valence-corrected chi connectivity index (χ3v) is 3.09. The van der Waals surface area contributed by atoms with Gasteiger partial charge in [0.1, 0.15) is 0 Å². The van der Waals surface area contributed by atoms with Crippen molar-refractivity contribution in [1.82, 2.24) is 10.9 Å². The van der Waals surface area contributed by atoms with E-state index in [1.54, 1.807) is 12.1 Å². The zero-order valence-corrected chi connectivity index (χ0v) is 11.2. The molecule has 0 radical (unpaired) electrons. The maximum Gasteiger partial charge on any atom is 0.265 e. The molecule has 2 rings (SSSR count). The molecule has 1 atom stereocenters. The zero-order chi connectivity index (χ0) is 13.7. The van der Waals surface area contributed by atoms with Crippen LogP contribution in [-0.2, 0) is 0 Å². The summed E-state index contributed by atoms with van der Waals surface area (Å²) >= 11 is 0. The predicted molar refractivity (Wildman–Crippen MR) is 76.6 cm³/mol. The van der Waals surface area contributed by atoms with E-state index in [2.05, 4.69) is 29.9 Å². The molecule has 0 heterocycles. The van der Waals surface area contributed by atoms with Gasteiger partial charge >= 0.3 is 0 Å². The highest BCUT2D eigenvalue weighted by Gasteiger charge is 2.09. The molecule has 2 aromatic rings. The Bertz CT molecular complexity index is 552. The molecule has 0 aliphatic rings. The molecule has 0 spiro atoms. The smallest absolute Gasteiger partial charge is 0.265 e. The highest BCUT2D eigenvalue weighted by Crippen LogP contribution is 2.15. The van der Waals surface area contributed by atoms with Crippen LogP contribution in [-0.4, -0.2) is 5.91 Å². The van der Waals surface area contributed by atoms with Gasteiger partial charge in [-0.3, -0.25) is 10.2 Å². The lowest BCUT2D eigenvalue weighted by Gasteiger charge is -2.17. The Hall–Kier alpha value is -2.13. The molecule has 98 valence electrons. The minimum absolute atomic E-state index is 0.0638. The second kappa shape index (κ2) is 6.16. The number of hydrazine groups is 1. The number of aryl methyl sites for hydroxylation is 1. The van der Waals surface area contributed by atoms with E-state index >= 15 is 0 Å². The van der Waals surface area contributed by atoms with Crippen molar-refractivity contribution in [2.24, 2.45) is 0 Å². The summed E-state index contributed by atoms with van der Waals surface area (Å²) in [6.07, 6.45) is 0. The normalized spacial score (nSPS) is 11.9. The number of nitrogens with one attached hydrogen (secondary N) is 2. The van der Waals surface area contributed by atoms with Gasteiger partial charge in [-0.15, -0.1) is 0 Å².